The van der Waals surface area contributed by atoms with Crippen LogP contribution < -0.4 is 0 Å². The topological polar surface area (TPSA) is 137 Å². The van der Waals surface area contributed by atoms with E-state index in [2.05, 4.69) is 0 Å². The number of carbonyl (C=O) groups is 3. The van der Waals surface area contributed by atoms with Gasteiger partial charge >= 0.3 is 16.2 Å². The van der Waals surface area contributed by atoms with Crippen molar-refractivity contribution in [1.29, 1.82) is 0 Å². The zero-order chi connectivity index (χ0) is 44.1. The van der Waals surface area contributed by atoms with Crippen LogP contribution in [0.15, 0.2) is 144 Å². The molecule has 0 N–H and O–H groups in total. The molecule has 3 heterocycles. The zero-order valence-electron chi connectivity index (χ0n) is 31.0. The summed E-state index contributed by atoms with van der Waals surface area (Å²) in [5.74, 6) is -0.604. The van der Waals surface area contributed by atoms with E-state index in [-0.39, 0.29) is 32.9 Å². The molecule has 0 aliphatic heterocycles. The second-order valence-corrected chi connectivity index (χ2v) is 15.9. The van der Waals surface area contributed by atoms with Gasteiger partial charge in [0.2, 0.25) is 0 Å². The molecule has 0 radical (unpaired) electrons. The number of thiophene rings is 3. The van der Waals surface area contributed by atoms with Gasteiger partial charge in [0.05, 0.1) is 15.4 Å². The van der Waals surface area contributed by atoms with Crippen LogP contribution in [0.3, 0.4) is 0 Å². The molecule has 0 aliphatic rings. The molecule has 308 valence electrons. The van der Waals surface area contributed by atoms with E-state index in [1.54, 1.807) is 47.1 Å². The Labute approximate surface area is 367 Å². The van der Waals surface area contributed by atoms with Crippen molar-refractivity contribution in [3.63, 3.8) is 0 Å². The number of halogens is 5. The lowest BCUT2D eigenvalue weighted by atomic mass is 10.1. The third-order valence-corrected chi connectivity index (χ3v) is 11.3. The predicted octanol–water partition coefficient (Wildman–Crippen LogP) is 14.2. The van der Waals surface area contributed by atoms with Crippen LogP contribution in [-0.4, -0.2) is 27.2 Å². The molecule has 0 aliphatic carbocycles. The molecule has 7 rings (SSSR count). The Morgan fingerprint density at radius 2 is 1.05 bits per heavy atom. The first kappa shape index (κ1) is 45.7. The molecule has 0 fully saturated rings. The van der Waals surface area contributed by atoms with Gasteiger partial charge in [0, 0.05) is 65.1 Å². The van der Waals surface area contributed by atoms with Crippen LogP contribution in [-0.2, 0) is 6.18 Å². The van der Waals surface area contributed by atoms with Gasteiger partial charge in [-0.15, -0.1) is 11.3 Å². The maximum Gasteiger partial charge on any atom is 0.416 e. The molecule has 0 saturated carbocycles. The number of carbonyl (C=O) groups excluding carboxylic acids is 3. The van der Waals surface area contributed by atoms with E-state index in [1.807, 2.05) is 60.0 Å². The van der Waals surface area contributed by atoms with E-state index in [4.69, 9.17) is 23.2 Å². The number of hydrogen-bond acceptors (Lipinski definition) is 10. The van der Waals surface area contributed by atoms with Crippen molar-refractivity contribution in [2.24, 2.45) is 0 Å². The van der Waals surface area contributed by atoms with E-state index in [1.165, 1.54) is 53.9 Å². The van der Waals surface area contributed by atoms with Crippen LogP contribution in [0, 0.1) is 20.2 Å². The molecule has 3 aromatic heterocycles. The van der Waals surface area contributed by atoms with Gasteiger partial charge < -0.3 is 0 Å². The Morgan fingerprint density at radius 1 is 0.557 bits per heavy atom. The number of hydrogen-bond donors (Lipinski definition) is 0. The van der Waals surface area contributed by atoms with Crippen LogP contribution in [0.1, 0.15) is 53.3 Å². The van der Waals surface area contributed by atoms with Crippen LogP contribution in [0.2, 0.25) is 10.0 Å². The number of alkyl halides is 3. The van der Waals surface area contributed by atoms with Gasteiger partial charge in [-0.1, -0.05) is 100 Å². The number of nitro groups is 2. The SMILES string of the molecule is O=C(C=Cc1ccc(C(F)(F)F)cc1)c1ccc(Cl)cc1.O=C(C=Cc1ccc(Cl)cc1)c1csc2ccccc12.O=C(C=Cc1csc([N+](=O)[O-])c1)c1csc([N+](=O)[O-])c1. The molecule has 0 amide bonds. The molecule has 17 heteroatoms. The highest BCUT2D eigenvalue weighted by Crippen LogP contribution is 2.30. The normalized spacial score (nSPS) is 11.3. The van der Waals surface area contributed by atoms with E-state index < -0.39 is 21.6 Å². The fraction of sp³-hybridized carbons (Fsp3) is 0.0227. The summed E-state index contributed by atoms with van der Waals surface area (Å²) in [6, 6.07) is 28.8. The van der Waals surface area contributed by atoms with Gasteiger partial charge in [-0.3, -0.25) is 34.6 Å². The summed E-state index contributed by atoms with van der Waals surface area (Å²) in [6.45, 7) is 0. The van der Waals surface area contributed by atoms with Crippen molar-refractivity contribution in [1.82, 2.24) is 0 Å². The Hall–Kier alpha value is -6.36. The van der Waals surface area contributed by atoms with Gasteiger partial charge in [0.1, 0.15) is 0 Å². The Morgan fingerprint density at radius 3 is 1.61 bits per heavy atom. The average molecular weight is 920 g/mol. The summed E-state index contributed by atoms with van der Waals surface area (Å²) in [5, 5.41) is 28.0. The van der Waals surface area contributed by atoms with Crippen LogP contribution in [0.4, 0.5) is 23.2 Å². The van der Waals surface area contributed by atoms with Crippen LogP contribution >= 0.6 is 57.2 Å². The lowest BCUT2D eigenvalue weighted by Crippen LogP contribution is -2.04. The summed E-state index contributed by atoms with van der Waals surface area (Å²) in [7, 11) is 0. The van der Waals surface area contributed by atoms with Crippen molar-refractivity contribution in [2.45, 2.75) is 6.18 Å². The molecule has 0 spiro atoms. The lowest BCUT2D eigenvalue weighted by molar-refractivity contribution is -0.380. The summed E-state index contributed by atoms with van der Waals surface area (Å²) in [6.07, 6.45) is 4.51. The standard InChI is InChI=1S/C17H11ClOS.C16H10ClF3O.C11H6N2O5S2/c18-13-8-5-12(6-9-13)7-10-16(19)15-11-20-17-4-2-1-3-14(15)17;17-14-8-4-12(5-9-14)15(21)10-3-11-1-6-13(7-2-11)16(18,19)20;14-9(8-4-11(13(17)18)20-6-8)2-1-7-3-10(12(15)16)19-5-7/h1-11H;1-10H;1-6H. The van der Waals surface area contributed by atoms with Crippen molar-refractivity contribution in [3.05, 3.63) is 213 Å². The first-order valence-electron chi connectivity index (χ1n) is 17.3. The highest BCUT2D eigenvalue weighted by Gasteiger charge is 2.29. The number of ketones is 3. The first-order valence-corrected chi connectivity index (χ1v) is 20.7. The molecule has 9 nitrogen and oxygen atoms in total. The smallest absolute Gasteiger partial charge is 0.289 e. The minimum atomic E-state index is -4.36. The number of fused-ring (bicyclic) bond motifs is 1. The minimum absolute atomic E-state index is 0.0109. The van der Waals surface area contributed by atoms with Crippen LogP contribution in [0.25, 0.3) is 28.3 Å². The maximum atomic E-state index is 12.4. The van der Waals surface area contributed by atoms with Crippen LogP contribution in [0.5, 0.6) is 0 Å². The number of nitrogens with zero attached hydrogens (tertiary/aromatic N) is 2. The van der Waals surface area contributed by atoms with Gasteiger partial charge in [-0.2, -0.15) is 13.2 Å². The molecule has 7 aromatic rings. The largest absolute Gasteiger partial charge is 0.416 e. The van der Waals surface area contributed by atoms with Crippen molar-refractivity contribution in [3.8, 4) is 0 Å². The molecule has 0 bridgehead atoms. The van der Waals surface area contributed by atoms with E-state index in [0.29, 0.717) is 26.7 Å². The second-order valence-electron chi connectivity index (χ2n) is 12.3. The van der Waals surface area contributed by atoms with Gasteiger partial charge in [-0.05, 0) is 95.6 Å². The molecule has 4 aromatic carbocycles. The first-order chi connectivity index (χ1) is 29.1. The Balaban J connectivity index is 0.000000173. The summed E-state index contributed by atoms with van der Waals surface area (Å²) in [4.78, 5) is 55.8. The molecular formula is C44H27Cl2F3N2O7S3. The third kappa shape index (κ3) is 13.6. The molecular weight excluding hydrogens is 893 g/mol. The average Bonchev–Trinajstić information content (AvgIpc) is 4.03. The van der Waals surface area contributed by atoms with Gasteiger partial charge in [0.15, 0.2) is 17.3 Å². The monoisotopic (exact) mass is 918 g/mol. The fourth-order valence-corrected chi connectivity index (χ4v) is 7.62. The number of benzene rings is 4. The van der Waals surface area contributed by atoms with Crippen molar-refractivity contribution < 1.29 is 37.4 Å². The quantitative estimate of drug-likeness (QED) is 0.0545. The summed E-state index contributed by atoms with van der Waals surface area (Å²) in [5.41, 5.74) is 2.75. The summed E-state index contributed by atoms with van der Waals surface area (Å²) < 4.78 is 38.3. The Bertz CT molecular complexity index is 2770. The van der Waals surface area contributed by atoms with E-state index in [0.717, 1.165) is 56.0 Å². The Kier molecular flexibility index (Phi) is 15.9. The maximum absolute atomic E-state index is 12.4. The van der Waals surface area contributed by atoms with E-state index in [9.17, 15) is 47.8 Å². The highest BCUT2D eigenvalue weighted by molar-refractivity contribution is 7.17. The summed E-state index contributed by atoms with van der Waals surface area (Å²) >= 11 is 15.0. The van der Waals surface area contributed by atoms with Crippen molar-refractivity contribution >= 4 is 113 Å². The highest BCUT2D eigenvalue weighted by atomic mass is 35.5. The second kappa shape index (κ2) is 21.2. The molecule has 0 unspecified atom stereocenters. The number of allylic oxidation sites excluding steroid dienone is 3. The van der Waals surface area contributed by atoms with Gasteiger partial charge in [0.25, 0.3) is 0 Å². The minimum Gasteiger partial charge on any atom is -0.289 e. The predicted molar refractivity (Wildman–Crippen MR) is 238 cm³/mol. The van der Waals surface area contributed by atoms with Crippen molar-refractivity contribution in [2.75, 3.05) is 0 Å². The molecule has 0 atom stereocenters. The van der Waals surface area contributed by atoms with E-state index >= 15 is 0 Å². The zero-order valence-corrected chi connectivity index (χ0v) is 34.9. The molecule has 0 saturated heterocycles. The van der Waals surface area contributed by atoms with Gasteiger partial charge in [-0.25, -0.2) is 0 Å². The number of rotatable bonds is 11. The lowest BCUT2D eigenvalue weighted by Gasteiger charge is -2.05. The third-order valence-electron chi connectivity index (χ3n) is 8.10. The molecule has 61 heavy (non-hydrogen) atoms. The fourth-order valence-electron chi connectivity index (χ4n) is 5.01.